The molecule has 0 atom stereocenters. The predicted octanol–water partition coefficient (Wildman–Crippen LogP) is 1.72. The summed E-state index contributed by atoms with van der Waals surface area (Å²) in [7, 11) is -3.42. The van der Waals surface area contributed by atoms with Gasteiger partial charge in [0, 0.05) is 6.54 Å². The van der Waals surface area contributed by atoms with Crippen LogP contribution in [0.1, 0.15) is 20.3 Å². The van der Waals surface area contributed by atoms with Crippen LogP contribution in [0.25, 0.3) is 0 Å². The van der Waals surface area contributed by atoms with Crippen LogP contribution in [0.3, 0.4) is 0 Å². The summed E-state index contributed by atoms with van der Waals surface area (Å²) >= 11 is 0. The van der Waals surface area contributed by atoms with E-state index in [1.54, 1.807) is 13.8 Å². The SMILES string of the molecule is CC(C)S(=O)(=O)N(CCCN)c1ccc(F)cc1. The molecule has 1 aromatic carbocycles. The van der Waals surface area contributed by atoms with Gasteiger partial charge in [-0.3, -0.25) is 4.31 Å². The summed E-state index contributed by atoms with van der Waals surface area (Å²) in [6.07, 6.45) is 0.559. The van der Waals surface area contributed by atoms with Gasteiger partial charge in [-0.1, -0.05) is 0 Å². The smallest absolute Gasteiger partial charge is 0.237 e. The van der Waals surface area contributed by atoms with E-state index in [2.05, 4.69) is 0 Å². The highest BCUT2D eigenvalue weighted by Crippen LogP contribution is 2.21. The van der Waals surface area contributed by atoms with Gasteiger partial charge in [-0.05, 0) is 51.1 Å². The average Bonchev–Trinajstić information content (AvgIpc) is 2.31. The van der Waals surface area contributed by atoms with Gasteiger partial charge in [0.15, 0.2) is 0 Å². The molecular weight excluding hydrogens is 255 g/mol. The maximum atomic E-state index is 12.9. The Bertz CT molecular complexity index is 471. The van der Waals surface area contributed by atoms with Crippen molar-refractivity contribution in [2.24, 2.45) is 5.73 Å². The molecule has 0 aliphatic carbocycles. The number of rotatable bonds is 6. The van der Waals surface area contributed by atoms with Crippen molar-refractivity contribution in [3.05, 3.63) is 30.1 Å². The third kappa shape index (κ3) is 3.43. The Balaban J connectivity index is 3.09. The second-order valence-electron chi connectivity index (χ2n) is 4.28. The molecule has 0 unspecified atom stereocenters. The van der Waals surface area contributed by atoms with Gasteiger partial charge in [0.1, 0.15) is 5.82 Å². The zero-order valence-electron chi connectivity index (χ0n) is 10.6. The second kappa shape index (κ2) is 6.15. The van der Waals surface area contributed by atoms with Crippen LogP contribution in [0.15, 0.2) is 24.3 Å². The molecule has 0 heterocycles. The van der Waals surface area contributed by atoms with Gasteiger partial charge in [0.25, 0.3) is 0 Å². The van der Waals surface area contributed by atoms with Crippen LogP contribution in [-0.4, -0.2) is 26.8 Å². The Morgan fingerprint density at radius 1 is 1.28 bits per heavy atom. The minimum Gasteiger partial charge on any atom is -0.330 e. The summed E-state index contributed by atoms with van der Waals surface area (Å²) in [5.41, 5.74) is 5.89. The number of nitrogens with zero attached hydrogens (tertiary/aromatic N) is 1. The van der Waals surface area contributed by atoms with Gasteiger partial charge < -0.3 is 5.73 Å². The lowest BCUT2D eigenvalue weighted by molar-refractivity contribution is 0.580. The Kier molecular flexibility index (Phi) is 5.10. The van der Waals surface area contributed by atoms with Crippen molar-refractivity contribution >= 4 is 15.7 Å². The van der Waals surface area contributed by atoms with Gasteiger partial charge in [0.2, 0.25) is 10.0 Å². The van der Waals surface area contributed by atoms with E-state index in [1.807, 2.05) is 0 Å². The fourth-order valence-corrected chi connectivity index (χ4v) is 2.81. The summed E-state index contributed by atoms with van der Waals surface area (Å²) in [5, 5.41) is -0.527. The third-order valence-electron chi connectivity index (χ3n) is 2.58. The molecule has 2 N–H and O–H groups in total. The van der Waals surface area contributed by atoms with Crippen LogP contribution >= 0.6 is 0 Å². The maximum Gasteiger partial charge on any atom is 0.237 e. The Morgan fingerprint density at radius 2 is 1.83 bits per heavy atom. The van der Waals surface area contributed by atoms with Gasteiger partial charge in [0.05, 0.1) is 10.9 Å². The van der Waals surface area contributed by atoms with Crippen LogP contribution in [-0.2, 0) is 10.0 Å². The summed E-state index contributed by atoms with van der Waals surface area (Å²) in [6, 6.07) is 5.43. The first-order valence-electron chi connectivity index (χ1n) is 5.86. The minimum absolute atomic E-state index is 0.308. The number of hydrogen-bond acceptors (Lipinski definition) is 3. The predicted molar refractivity (Wildman–Crippen MR) is 71.5 cm³/mol. The molecule has 0 amide bonds. The number of benzene rings is 1. The molecule has 0 bridgehead atoms. The van der Waals surface area contributed by atoms with Crippen LogP contribution in [0.2, 0.25) is 0 Å². The van der Waals surface area contributed by atoms with Crippen molar-refractivity contribution in [2.75, 3.05) is 17.4 Å². The molecule has 0 aliphatic heterocycles. The molecule has 0 aliphatic rings. The maximum absolute atomic E-state index is 12.9. The normalized spacial score (nSPS) is 11.8. The van der Waals surface area contributed by atoms with E-state index in [9.17, 15) is 12.8 Å². The van der Waals surface area contributed by atoms with E-state index in [-0.39, 0.29) is 5.82 Å². The highest BCUT2D eigenvalue weighted by atomic mass is 32.2. The molecule has 0 aromatic heterocycles. The third-order valence-corrected chi connectivity index (χ3v) is 4.78. The summed E-state index contributed by atoms with van der Waals surface area (Å²) in [5.74, 6) is -0.389. The lowest BCUT2D eigenvalue weighted by atomic mass is 10.3. The van der Waals surface area contributed by atoms with Crippen molar-refractivity contribution in [3.63, 3.8) is 0 Å². The molecule has 1 aromatic rings. The Labute approximate surface area is 108 Å². The van der Waals surface area contributed by atoms with E-state index >= 15 is 0 Å². The highest BCUT2D eigenvalue weighted by molar-refractivity contribution is 7.93. The molecule has 0 radical (unpaired) electrons. The van der Waals surface area contributed by atoms with Crippen molar-refractivity contribution in [1.29, 1.82) is 0 Å². The van der Waals surface area contributed by atoms with E-state index < -0.39 is 15.3 Å². The molecule has 1 rings (SSSR count). The topological polar surface area (TPSA) is 63.4 Å². The number of halogens is 1. The van der Waals surface area contributed by atoms with Crippen molar-refractivity contribution < 1.29 is 12.8 Å². The molecule has 0 fully saturated rings. The first kappa shape index (κ1) is 14.9. The van der Waals surface area contributed by atoms with Gasteiger partial charge in [-0.25, -0.2) is 12.8 Å². The first-order chi connectivity index (χ1) is 8.39. The van der Waals surface area contributed by atoms with Gasteiger partial charge in [-0.2, -0.15) is 0 Å². The van der Waals surface area contributed by atoms with Gasteiger partial charge >= 0.3 is 0 Å². The number of sulfonamides is 1. The highest BCUT2D eigenvalue weighted by Gasteiger charge is 2.25. The largest absolute Gasteiger partial charge is 0.330 e. The Hall–Kier alpha value is -1.14. The van der Waals surface area contributed by atoms with Crippen molar-refractivity contribution in [2.45, 2.75) is 25.5 Å². The van der Waals surface area contributed by atoms with Gasteiger partial charge in [-0.15, -0.1) is 0 Å². The molecule has 4 nitrogen and oxygen atoms in total. The van der Waals surface area contributed by atoms with Crippen molar-refractivity contribution in [3.8, 4) is 0 Å². The van der Waals surface area contributed by atoms with Crippen LogP contribution in [0.5, 0.6) is 0 Å². The lowest BCUT2D eigenvalue weighted by Crippen LogP contribution is -2.37. The molecule has 0 spiro atoms. The molecule has 102 valence electrons. The number of nitrogens with two attached hydrogens (primary N) is 1. The van der Waals surface area contributed by atoms with E-state index in [0.29, 0.717) is 25.2 Å². The second-order valence-corrected chi connectivity index (χ2v) is 6.70. The number of hydrogen-bond donors (Lipinski definition) is 1. The lowest BCUT2D eigenvalue weighted by Gasteiger charge is -2.26. The molecule has 6 heteroatoms. The summed E-state index contributed by atoms with van der Waals surface area (Å²) in [4.78, 5) is 0. The molecule has 18 heavy (non-hydrogen) atoms. The van der Waals surface area contributed by atoms with Crippen LogP contribution < -0.4 is 10.0 Å². The fourth-order valence-electron chi connectivity index (χ4n) is 1.50. The standard InChI is InChI=1S/C12H19FN2O2S/c1-10(2)18(16,17)15(9-3-8-14)12-6-4-11(13)5-7-12/h4-7,10H,3,8-9,14H2,1-2H3. The van der Waals surface area contributed by atoms with Crippen LogP contribution in [0.4, 0.5) is 10.1 Å². The first-order valence-corrected chi connectivity index (χ1v) is 7.37. The van der Waals surface area contributed by atoms with Crippen LogP contribution in [0, 0.1) is 5.82 Å². The minimum atomic E-state index is -3.42. The summed E-state index contributed by atoms with van der Waals surface area (Å²) < 4.78 is 38.6. The fraction of sp³-hybridized carbons (Fsp3) is 0.500. The quantitative estimate of drug-likeness (QED) is 0.859. The number of anilines is 1. The molecule has 0 saturated carbocycles. The van der Waals surface area contributed by atoms with E-state index in [0.717, 1.165) is 0 Å². The molecule has 0 saturated heterocycles. The Morgan fingerprint density at radius 3 is 2.28 bits per heavy atom. The van der Waals surface area contributed by atoms with Crippen molar-refractivity contribution in [1.82, 2.24) is 0 Å². The van der Waals surface area contributed by atoms with E-state index in [4.69, 9.17) is 5.73 Å². The average molecular weight is 274 g/mol. The zero-order valence-corrected chi connectivity index (χ0v) is 11.5. The summed E-state index contributed by atoms with van der Waals surface area (Å²) in [6.45, 7) is 3.95. The molecular formula is C12H19FN2O2S. The monoisotopic (exact) mass is 274 g/mol. The van der Waals surface area contributed by atoms with E-state index in [1.165, 1.54) is 28.6 Å². The zero-order chi connectivity index (χ0) is 13.8.